The molecule has 0 spiro atoms. The van der Waals surface area contributed by atoms with Gasteiger partial charge in [0.15, 0.2) is 0 Å². The number of nitrogens with one attached hydrogen (secondary N) is 1. The molecule has 0 aliphatic rings. The zero-order valence-electron chi connectivity index (χ0n) is 10.6. The molecule has 1 aromatic carbocycles. The summed E-state index contributed by atoms with van der Waals surface area (Å²) in [6.07, 6.45) is 0.00539. The second-order valence-corrected chi connectivity index (χ2v) is 4.77. The molecule has 0 bridgehead atoms. The summed E-state index contributed by atoms with van der Waals surface area (Å²) in [5, 5.41) is 12.2. The number of aliphatic hydroxyl groups is 1. The summed E-state index contributed by atoms with van der Waals surface area (Å²) >= 11 is 0. The fourth-order valence-electron chi connectivity index (χ4n) is 1.68. The Hall–Kier alpha value is -1.62. The first kappa shape index (κ1) is 14.4. The number of anilines is 1. The number of nitrogen functional groups attached to an aromatic ring is 1. The Labute approximate surface area is 106 Å². The molecule has 1 amide bonds. The van der Waals surface area contributed by atoms with Gasteiger partial charge >= 0.3 is 0 Å². The fraction of sp³-hybridized carbons (Fsp3) is 0.462. The third-order valence-electron chi connectivity index (χ3n) is 2.42. The van der Waals surface area contributed by atoms with Crippen molar-refractivity contribution in [1.29, 1.82) is 0 Å². The van der Waals surface area contributed by atoms with Crippen molar-refractivity contribution in [2.24, 2.45) is 5.92 Å². The highest BCUT2D eigenvalue weighted by Crippen LogP contribution is 2.11. The van der Waals surface area contributed by atoms with Crippen LogP contribution in [0.4, 0.5) is 10.1 Å². The van der Waals surface area contributed by atoms with Crippen molar-refractivity contribution in [2.45, 2.75) is 26.4 Å². The van der Waals surface area contributed by atoms with Crippen LogP contribution in [-0.4, -0.2) is 23.7 Å². The second kappa shape index (κ2) is 6.35. The van der Waals surface area contributed by atoms with Crippen molar-refractivity contribution in [3.05, 3.63) is 29.6 Å². The number of aliphatic hydroxyl groups excluding tert-OH is 1. The SMILES string of the molecule is CC(C)CC(O)CNC(=O)c1cc(N)cc(F)c1. The lowest BCUT2D eigenvalue weighted by atomic mass is 10.1. The fourth-order valence-corrected chi connectivity index (χ4v) is 1.68. The Kier molecular flexibility index (Phi) is 5.09. The van der Waals surface area contributed by atoms with Crippen molar-refractivity contribution in [3.8, 4) is 0 Å². The highest BCUT2D eigenvalue weighted by atomic mass is 19.1. The normalized spacial score (nSPS) is 12.5. The van der Waals surface area contributed by atoms with E-state index in [9.17, 15) is 14.3 Å². The molecule has 0 aliphatic heterocycles. The van der Waals surface area contributed by atoms with E-state index in [0.29, 0.717) is 12.3 Å². The van der Waals surface area contributed by atoms with Crippen LogP contribution in [-0.2, 0) is 0 Å². The molecule has 1 unspecified atom stereocenters. The van der Waals surface area contributed by atoms with Crippen LogP contribution >= 0.6 is 0 Å². The van der Waals surface area contributed by atoms with Crippen molar-refractivity contribution < 1.29 is 14.3 Å². The summed E-state index contributed by atoms with van der Waals surface area (Å²) in [6, 6.07) is 3.65. The molecule has 0 saturated heterocycles. The summed E-state index contributed by atoms with van der Waals surface area (Å²) in [5.41, 5.74) is 5.80. The summed E-state index contributed by atoms with van der Waals surface area (Å²) < 4.78 is 13.0. The van der Waals surface area contributed by atoms with E-state index < -0.39 is 17.8 Å². The molecular formula is C13H19FN2O2. The van der Waals surface area contributed by atoms with E-state index in [4.69, 9.17) is 5.73 Å². The van der Waals surface area contributed by atoms with Crippen molar-refractivity contribution in [2.75, 3.05) is 12.3 Å². The first-order chi connectivity index (χ1) is 8.38. The lowest BCUT2D eigenvalue weighted by Gasteiger charge is -2.14. The monoisotopic (exact) mass is 254 g/mol. The van der Waals surface area contributed by atoms with E-state index >= 15 is 0 Å². The lowest BCUT2D eigenvalue weighted by molar-refractivity contribution is 0.0900. The molecule has 0 heterocycles. The summed E-state index contributed by atoms with van der Waals surface area (Å²) in [6.45, 7) is 4.12. The molecule has 0 fully saturated rings. The maximum absolute atomic E-state index is 13.0. The summed E-state index contributed by atoms with van der Waals surface area (Å²) in [7, 11) is 0. The standard InChI is InChI=1S/C13H19FN2O2/c1-8(2)3-12(17)7-16-13(18)9-4-10(14)6-11(15)5-9/h4-6,8,12,17H,3,7,15H2,1-2H3,(H,16,18). The first-order valence-electron chi connectivity index (χ1n) is 5.91. The molecule has 18 heavy (non-hydrogen) atoms. The molecule has 5 heteroatoms. The molecule has 0 radical (unpaired) electrons. The van der Waals surface area contributed by atoms with E-state index in [-0.39, 0.29) is 17.8 Å². The quantitative estimate of drug-likeness (QED) is 0.698. The zero-order chi connectivity index (χ0) is 13.7. The van der Waals surface area contributed by atoms with E-state index in [0.717, 1.165) is 12.1 Å². The molecule has 0 aromatic heterocycles. The van der Waals surface area contributed by atoms with Gasteiger partial charge in [-0.1, -0.05) is 13.8 Å². The van der Waals surface area contributed by atoms with Crippen LogP contribution in [0.1, 0.15) is 30.6 Å². The number of amides is 1. The highest BCUT2D eigenvalue weighted by molar-refractivity contribution is 5.95. The van der Waals surface area contributed by atoms with E-state index in [2.05, 4.69) is 5.32 Å². The molecule has 0 aliphatic carbocycles. The van der Waals surface area contributed by atoms with Gasteiger partial charge in [-0.25, -0.2) is 4.39 Å². The largest absolute Gasteiger partial charge is 0.399 e. The Morgan fingerprint density at radius 2 is 2.11 bits per heavy atom. The minimum Gasteiger partial charge on any atom is -0.399 e. The average molecular weight is 254 g/mol. The van der Waals surface area contributed by atoms with Gasteiger partial charge in [-0.05, 0) is 30.5 Å². The van der Waals surface area contributed by atoms with Crippen LogP contribution in [0, 0.1) is 11.7 Å². The smallest absolute Gasteiger partial charge is 0.251 e. The Morgan fingerprint density at radius 1 is 1.44 bits per heavy atom. The van der Waals surface area contributed by atoms with Gasteiger partial charge < -0.3 is 16.2 Å². The summed E-state index contributed by atoms with van der Waals surface area (Å²) in [5.74, 6) is -0.645. The van der Waals surface area contributed by atoms with Crippen LogP contribution in [0.3, 0.4) is 0 Å². The molecule has 100 valence electrons. The number of benzene rings is 1. The van der Waals surface area contributed by atoms with Gasteiger partial charge in [0, 0.05) is 17.8 Å². The molecule has 1 atom stereocenters. The molecule has 4 N–H and O–H groups in total. The van der Waals surface area contributed by atoms with E-state index in [1.54, 1.807) is 0 Å². The Bertz CT molecular complexity index is 401. The van der Waals surface area contributed by atoms with Gasteiger partial charge in [-0.3, -0.25) is 4.79 Å². The van der Waals surface area contributed by atoms with Gasteiger partial charge in [-0.15, -0.1) is 0 Å². The predicted octanol–water partition coefficient (Wildman–Crippen LogP) is 1.54. The Balaban J connectivity index is 2.55. The lowest BCUT2D eigenvalue weighted by Crippen LogP contribution is -2.32. The molecule has 1 aromatic rings. The third kappa shape index (κ3) is 4.71. The van der Waals surface area contributed by atoms with Crippen molar-refractivity contribution in [3.63, 3.8) is 0 Å². The van der Waals surface area contributed by atoms with Crippen LogP contribution in [0.2, 0.25) is 0 Å². The van der Waals surface area contributed by atoms with Gasteiger partial charge in [0.2, 0.25) is 0 Å². The predicted molar refractivity (Wildman–Crippen MR) is 68.6 cm³/mol. The number of rotatable bonds is 5. The van der Waals surface area contributed by atoms with Crippen LogP contribution in [0.5, 0.6) is 0 Å². The Morgan fingerprint density at radius 3 is 2.67 bits per heavy atom. The van der Waals surface area contributed by atoms with Crippen molar-refractivity contribution >= 4 is 11.6 Å². The van der Waals surface area contributed by atoms with Gasteiger partial charge in [0.25, 0.3) is 5.91 Å². The van der Waals surface area contributed by atoms with Crippen LogP contribution in [0.15, 0.2) is 18.2 Å². The topological polar surface area (TPSA) is 75.3 Å². The van der Waals surface area contributed by atoms with Gasteiger partial charge in [0.1, 0.15) is 5.82 Å². The maximum atomic E-state index is 13.0. The molecule has 1 rings (SSSR count). The van der Waals surface area contributed by atoms with E-state index in [1.165, 1.54) is 6.07 Å². The number of hydrogen-bond acceptors (Lipinski definition) is 3. The van der Waals surface area contributed by atoms with Crippen molar-refractivity contribution in [1.82, 2.24) is 5.32 Å². The molecular weight excluding hydrogens is 235 g/mol. The maximum Gasteiger partial charge on any atom is 0.251 e. The first-order valence-corrected chi connectivity index (χ1v) is 5.91. The molecule has 0 saturated carbocycles. The number of halogens is 1. The van der Waals surface area contributed by atoms with Gasteiger partial charge in [0.05, 0.1) is 6.10 Å². The minimum atomic E-state index is -0.597. The zero-order valence-corrected chi connectivity index (χ0v) is 10.6. The average Bonchev–Trinajstić information content (AvgIpc) is 2.23. The van der Waals surface area contributed by atoms with Crippen LogP contribution in [0.25, 0.3) is 0 Å². The third-order valence-corrected chi connectivity index (χ3v) is 2.42. The molecule has 4 nitrogen and oxygen atoms in total. The summed E-state index contributed by atoms with van der Waals surface area (Å²) in [4.78, 5) is 11.7. The second-order valence-electron chi connectivity index (χ2n) is 4.77. The number of carbonyl (C=O) groups excluding carboxylic acids is 1. The number of nitrogens with two attached hydrogens (primary N) is 1. The minimum absolute atomic E-state index is 0.146. The van der Waals surface area contributed by atoms with Crippen LogP contribution < -0.4 is 11.1 Å². The van der Waals surface area contributed by atoms with E-state index in [1.807, 2.05) is 13.8 Å². The number of carbonyl (C=O) groups is 1. The highest BCUT2D eigenvalue weighted by Gasteiger charge is 2.11. The van der Waals surface area contributed by atoms with Gasteiger partial charge in [-0.2, -0.15) is 0 Å². The number of hydrogen-bond donors (Lipinski definition) is 3.